The second kappa shape index (κ2) is 9.59. The van der Waals surface area contributed by atoms with Crippen LogP contribution >= 0.6 is 11.6 Å². The Morgan fingerprint density at radius 1 is 1.11 bits per heavy atom. The molecule has 2 rings (SSSR count). The van der Waals surface area contributed by atoms with Crippen molar-refractivity contribution < 1.29 is 19.1 Å². The maximum absolute atomic E-state index is 12.1. The number of hydrogen-bond acceptors (Lipinski definition) is 4. The number of halogens is 1. The summed E-state index contributed by atoms with van der Waals surface area (Å²) >= 11 is 5.96. The van der Waals surface area contributed by atoms with Crippen molar-refractivity contribution in [1.82, 2.24) is 10.6 Å². The van der Waals surface area contributed by atoms with Gasteiger partial charge in [-0.15, -0.1) is 0 Å². The van der Waals surface area contributed by atoms with Crippen LogP contribution < -0.4 is 16.0 Å². The average Bonchev–Trinajstić information content (AvgIpc) is 2.66. The number of hydrogen-bond donors (Lipinski definition) is 3. The maximum atomic E-state index is 12.1. The molecule has 2 aromatic carbocycles. The highest BCUT2D eigenvalue weighted by atomic mass is 35.5. The van der Waals surface area contributed by atoms with E-state index in [2.05, 4.69) is 20.7 Å². The SMILES string of the molecule is COC(=O)CNC(=O)c1ccc(NC(=O)NC(C)c2cccc(Cl)c2)cc1. The van der Waals surface area contributed by atoms with Crippen molar-refractivity contribution >= 4 is 35.2 Å². The zero-order valence-electron chi connectivity index (χ0n) is 14.9. The van der Waals surface area contributed by atoms with Crippen LogP contribution in [0.2, 0.25) is 5.02 Å². The monoisotopic (exact) mass is 389 g/mol. The van der Waals surface area contributed by atoms with E-state index in [-0.39, 0.29) is 18.6 Å². The maximum Gasteiger partial charge on any atom is 0.325 e. The van der Waals surface area contributed by atoms with Gasteiger partial charge >= 0.3 is 12.0 Å². The Balaban J connectivity index is 1.89. The molecule has 1 unspecified atom stereocenters. The molecule has 142 valence electrons. The molecule has 27 heavy (non-hydrogen) atoms. The summed E-state index contributed by atoms with van der Waals surface area (Å²) in [5.74, 6) is -0.946. The van der Waals surface area contributed by atoms with Gasteiger partial charge in [-0.1, -0.05) is 23.7 Å². The van der Waals surface area contributed by atoms with Crippen LogP contribution in [-0.2, 0) is 9.53 Å². The summed E-state index contributed by atoms with van der Waals surface area (Å²) < 4.78 is 4.45. The summed E-state index contributed by atoms with van der Waals surface area (Å²) in [5, 5.41) is 8.54. The highest BCUT2D eigenvalue weighted by Crippen LogP contribution is 2.17. The van der Waals surface area contributed by atoms with E-state index in [1.165, 1.54) is 7.11 Å². The molecule has 0 spiro atoms. The molecule has 0 saturated carbocycles. The van der Waals surface area contributed by atoms with Crippen molar-refractivity contribution in [3.8, 4) is 0 Å². The van der Waals surface area contributed by atoms with Crippen LogP contribution in [0, 0.1) is 0 Å². The molecule has 0 aromatic heterocycles. The first-order chi connectivity index (χ1) is 12.9. The summed E-state index contributed by atoms with van der Waals surface area (Å²) in [6.07, 6.45) is 0. The molecular weight excluding hydrogens is 370 g/mol. The highest BCUT2D eigenvalue weighted by molar-refractivity contribution is 6.30. The number of benzene rings is 2. The largest absolute Gasteiger partial charge is 0.468 e. The van der Waals surface area contributed by atoms with Crippen molar-refractivity contribution in [3.05, 3.63) is 64.7 Å². The van der Waals surface area contributed by atoms with E-state index in [9.17, 15) is 14.4 Å². The van der Waals surface area contributed by atoms with E-state index in [0.29, 0.717) is 16.3 Å². The van der Waals surface area contributed by atoms with Crippen LogP contribution in [0.25, 0.3) is 0 Å². The molecular formula is C19H20ClN3O4. The van der Waals surface area contributed by atoms with Crippen molar-refractivity contribution in [2.75, 3.05) is 19.0 Å². The molecule has 3 amide bonds. The van der Waals surface area contributed by atoms with Crippen LogP contribution in [0.3, 0.4) is 0 Å². The molecule has 0 saturated heterocycles. The van der Waals surface area contributed by atoms with Gasteiger partial charge in [0, 0.05) is 16.3 Å². The number of amides is 3. The standard InChI is InChI=1S/C19H20ClN3O4/c1-12(14-4-3-5-15(20)10-14)22-19(26)23-16-8-6-13(7-9-16)18(25)21-11-17(24)27-2/h3-10,12H,11H2,1-2H3,(H,21,25)(H2,22,23,26). The second-order valence-electron chi connectivity index (χ2n) is 5.71. The van der Waals surface area contributed by atoms with Gasteiger partial charge in [0.25, 0.3) is 5.91 Å². The normalized spacial score (nSPS) is 11.2. The fourth-order valence-electron chi connectivity index (χ4n) is 2.25. The molecule has 0 aliphatic carbocycles. The molecule has 2 aromatic rings. The number of ether oxygens (including phenoxy) is 1. The van der Waals surface area contributed by atoms with E-state index in [0.717, 1.165) is 5.56 Å². The lowest BCUT2D eigenvalue weighted by molar-refractivity contribution is -0.139. The van der Waals surface area contributed by atoms with E-state index in [1.807, 2.05) is 19.1 Å². The van der Waals surface area contributed by atoms with Gasteiger partial charge in [0.15, 0.2) is 0 Å². The van der Waals surface area contributed by atoms with Crippen LogP contribution in [0.1, 0.15) is 28.9 Å². The number of carbonyl (C=O) groups is 3. The summed E-state index contributed by atoms with van der Waals surface area (Å²) in [6, 6.07) is 12.9. The zero-order valence-corrected chi connectivity index (χ0v) is 15.7. The van der Waals surface area contributed by atoms with Crippen molar-refractivity contribution in [1.29, 1.82) is 0 Å². The molecule has 3 N–H and O–H groups in total. The first-order valence-electron chi connectivity index (χ1n) is 8.17. The van der Waals surface area contributed by atoms with Crippen LogP contribution in [0.15, 0.2) is 48.5 Å². The third kappa shape index (κ3) is 6.31. The van der Waals surface area contributed by atoms with Gasteiger partial charge in [-0.25, -0.2) is 4.79 Å². The second-order valence-corrected chi connectivity index (χ2v) is 6.15. The number of methoxy groups -OCH3 is 1. The van der Waals surface area contributed by atoms with Gasteiger partial charge < -0.3 is 20.7 Å². The lowest BCUT2D eigenvalue weighted by Crippen LogP contribution is -2.31. The Kier molecular flexibility index (Phi) is 7.19. The van der Waals surface area contributed by atoms with E-state index >= 15 is 0 Å². The minimum absolute atomic E-state index is 0.209. The first kappa shape index (κ1) is 20.3. The summed E-state index contributed by atoms with van der Waals surface area (Å²) in [6.45, 7) is 1.64. The number of anilines is 1. The van der Waals surface area contributed by atoms with Gasteiger partial charge in [0.2, 0.25) is 0 Å². The molecule has 8 heteroatoms. The quantitative estimate of drug-likeness (QED) is 0.661. The van der Waals surface area contributed by atoms with Crippen LogP contribution in [-0.4, -0.2) is 31.6 Å². The van der Waals surface area contributed by atoms with Crippen molar-refractivity contribution in [3.63, 3.8) is 0 Å². The average molecular weight is 390 g/mol. The molecule has 0 bridgehead atoms. The van der Waals surface area contributed by atoms with Gasteiger partial charge in [-0.2, -0.15) is 0 Å². The third-order valence-corrected chi connectivity index (χ3v) is 3.96. The predicted molar refractivity (Wildman–Crippen MR) is 103 cm³/mol. The minimum atomic E-state index is -0.535. The molecule has 7 nitrogen and oxygen atoms in total. The Bertz CT molecular complexity index is 824. The summed E-state index contributed by atoms with van der Waals surface area (Å²) in [4.78, 5) is 35.1. The van der Waals surface area contributed by atoms with Crippen LogP contribution in [0.4, 0.5) is 10.5 Å². The molecule has 1 atom stereocenters. The lowest BCUT2D eigenvalue weighted by atomic mass is 10.1. The number of carbonyl (C=O) groups excluding carboxylic acids is 3. The van der Waals surface area contributed by atoms with Crippen molar-refractivity contribution in [2.24, 2.45) is 0 Å². The number of nitrogens with one attached hydrogen (secondary N) is 3. The Hall–Kier alpha value is -3.06. The summed E-state index contributed by atoms with van der Waals surface area (Å²) in [7, 11) is 1.24. The Morgan fingerprint density at radius 3 is 2.44 bits per heavy atom. The summed E-state index contributed by atoms with van der Waals surface area (Å²) in [5.41, 5.74) is 1.77. The Labute approximate surface area is 162 Å². The molecule has 0 radical (unpaired) electrons. The van der Waals surface area contributed by atoms with Crippen molar-refractivity contribution in [2.45, 2.75) is 13.0 Å². The number of rotatable bonds is 6. The topological polar surface area (TPSA) is 96.5 Å². The predicted octanol–water partition coefficient (Wildman–Crippen LogP) is 3.13. The number of urea groups is 1. The third-order valence-electron chi connectivity index (χ3n) is 3.72. The van der Waals surface area contributed by atoms with Gasteiger partial charge in [-0.3, -0.25) is 9.59 Å². The van der Waals surface area contributed by atoms with E-state index in [1.54, 1.807) is 36.4 Å². The molecule has 0 fully saturated rings. The van der Waals surface area contributed by atoms with Gasteiger partial charge in [0.05, 0.1) is 13.2 Å². The van der Waals surface area contributed by atoms with E-state index in [4.69, 9.17) is 11.6 Å². The van der Waals surface area contributed by atoms with Gasteiger partial charge in [0.1, 0.15) is 6.54 Å². The Morgan fingerprint density at radius 2 is 1.81 bits per heavy atom. The zero-order chi connectivity index (χ0) is 19.8. The molecule has 0 aliphatic rings. The minimum Gasteiger partial charge on any atom is -0.468 e. The highest BCUT2D eigenvalue weighted by Gasteiger charge is 2.11. The smallest absolute Gasteiger partial charge is 0.325 e. The lowest BCUT2D eigenvalue weighted by Gasteiger charge is -2.15. The first-order valence-corrected chi connectivity index (χ1v) is 8.55. The fraction of sp³-hybridized carbons (Fsp3) is 0.211. The number of esters is 1. The van der Waals surface area contributed by atoms with Gasteiger partial charge in [-0.05, 0) is 48.9 Å². The van der Waals surface area contributed by atoms with E-state index < -0.39 is 11.9 Å². The fourth-order valence-corrected chi connectivity index (χ4v) is 2.45. The molecule has 0 heterocycles. The van der Waals surface area contributed by atoms with Crippen LogP contribution in [0.5, 0.6) is 0 Å². The molecule has 0 aliphatic heterocycles.